The Balaban J connectivity index is 1.82. The molecule has 0 aromatic rings. The van der Waals surface area contributed by atoms with E-state index in [0.717, 1.165) is 6.04 Å². The molecule has 2 fully saturated rings. The lowest BCUT2D eigenvalue weighted by Crippen LogP contribution is -2.51. The molecule has 2 saturated heterocycles. The van der Waals surface area contributed by atoms with Gasteiger partial charge in [-0.2, -0.15) is 0 Å². The van der Waals surface area contributed by atoms with Gasteiger partial charge in [0.15, 0.2) is 0 Å². The lowest BCUT2D eigenvalue weighted by Gasteiger charge is -2.43. The van der Waals surface area contributed by atoms with Crippen molar-refractivity contribution in [2.45, 2.75) is 64.6 Å². The van der Waals surface area contributed by atoms with Crippen LogP contribution in [-0.4, -0.2) is 60.1 Å². The number of piperidine rings is 1. The molecular weight excluding hydrogens is 222 g/mol. The fraction of sp³-hybridized carbons (Fsp3) is 1.00. The van der Waals surface area contributed by atoms with Gasteiger partial charge in [-0.25, -0.2) is 0 Å². The Morgan fingerprint density at radius 2 is 1.61 bits per heavy atom. The summed E-state index contributed by atoms with van der Waals surface area (Å²) in [5.74, 6) is 0. The van der Waals surface area contributed by atoms with Crippen LogP contribution in [0.15, 0.2) is 0 Å². The van der Waals surface area contributed by atoms with Crippen molar-refractivity contribution < 1.29 is 0 Å². The second-order valence-electron chi connectivity index (χ2n) is 7.07. The van der Waals surface area contributed by atoms with E-state index < -0.39 is 0 Å². The zero-order valence-electron chi connectivity index (χ0n) is 12.7. The molecule has 0 aliphatic carbocycles. The Labute approximate surface area is 113 Å². The van der Waals surface area contributed by atoms with Crippen molar-refractivity contribution in [3.8, 4) is 0 Å². The topological polar surface area (TPSA) is 18.5 Å². The summed E-state index contributed by atoms with van der Waals surface area (Å²) in [6.07, 6.45) is 4.01. The van der Waals surface area contributed by atoms with E-state index in [4.69, 9.17) is 0 Å². The van der Waals surface area contributed by atoms with Crippen LogP contribution in [0.25, 0.3) is 0 Å². The molecule has 0 aromatic heterocycles. The van der Waals surface area contributed by atoms with Gasteiger partial charge in [0.1, 0.15) is 0 Å². The lowest BCUT2D eigenvalue weighted by atomic mass is 9.97. The number of nitrogens with zero attached hydrogens (tertiary/aromatic N) is 2. The Morgan fingerprint density at radius 3 is 2.22 bits per heavy atom. The molecule has 2 heterocycles. The second kappa shape index (κ2) is 5.89. The highest BCUT2D eigenvalue weighted by Gasteiger charge is 2.30. The Hall–Kier alpha value is -0.120. The standard InChI is InChI=1S/C15H31N3/c1-13-5-9-17(12-8-16-13)14-6-10-18(11-7-14)15(2,3)4/h13-14,16H,5-12H2,1-4H3. The van der Waals surface area contributed by atoms with Crippen LogP contribution in [0.2, 0.25) is 0 Å². The number of hydrogen-bond acceptors (Lipinski definition) is 3. The smallest absolute Gasteiger partial charge is 0.0125 e. The first kappa shape index (κ1) is 14.3. The second-order valence-corrected chi connectivity index (χ2v) is 7.07. The fourth-order valence-corrected chi connectivity index (χ4v) is 3.29. The molecule has 2 aliphatic rings. The van der Waals surface area contributed by atoms with Gasteiger partial charge >= 0.3 is 0 Å². The van der Waals surface area contributed by atoms with E-state index in [1.54, 1.807) is 0 Å². The van der Waals surface area contributed by atoms with Gasteiger partial charge in [-0.1, -0.05) is 0 Å². The van der Waals surface area contributed by atoms with Crippen LogP contribution in [0.5, 0.6) is 0 Å². The molecule has 0 aromatic carbocycles. The molecule has 2 rings (SSSR count). The van der Waals surface area contributed by atoms with Crippen LogP contribution >= 0.6 is 0 Å². The molecule has 106 valence electrons. The number of likely N-dealkylation sites (tertiary alicyclic amines) is 1. The van der Waals surface area contributed by atoms with Gasteiger partial charge in [-0.15, -0.1) is 0 Å². The zero-order chi connectivity index (χ0) is 13.2. The van der Waals surface area contributed by atoms with Gasteiger partial charge in [0, 0.05) is 43.8 Å². The summed E-state index contributed by atoms with van der Waals surface area (Å²) < 4.78 is 0. The summed E-state index contributed by atoms with van der Waals surface area (Å²) in [7, 11) is 0. The SMILES string of the molecule is CC1CCN(C2CCN(C(C)(C)C)CC2)CCN1. The summed E-state index contributed by atoms with van der Waals surface area (Å²) in [6.45, 7) is 15.6. The third-order valence-corrected chi connectivity index (χ3v) is 4.67. The average Bonchev–Trinajstić information content (AvgIpc) is 2.53. The van der Waals surface area contributed by atoms with Crippen LogP contribution in [0, 0.1) is 0 Å². The van der Waals surface area contributed by atoms with E-state index in [1.807, 2.05) is 0 Å². The van der Waals surface area contributed by atoms with Gasteiger partial charge in [-0.05, 0) is 53.5 Å². The first-order valence-electron chi connectivity index (χ1n) is 7.69. The molecule has 1 atom stereocenters. The van der Waals surface area contributed by atoms with Crippen molar-refractivity contribution in [1.29, 1.82) is 0 Å². The summed E-state index contributed by atoms with van der Waals surface area (Å²) in [4.78, 5) is 5.37. The van der Waals surface area contributed by atoms with Crippen molar-refractivity contribution in [3.63, 3.8) is 0 Å². The van der Waals surface area contributed by atoms with Crippen LogP contribution in [-0.2, 0) is 0 Å². The quantitative estimate of drug-likeness (QED) is 0.770. The van der Waals surface area contributed by atoms with Crippen molar-refractivity contribution >= 4 is 0 Å². The van der Waals surface area contributed by atoms with E-state index >= 15 is 0 Å². The summed E-state index contributed by atoms with van der Waals surface area (Å²) in [5.41, 5.74) is 0.347. The highest BCUT2D eigenvalue weighted by molar-refractivity contribution is 4.87. The lowest BCUT2D eigenvalue weighted by molar-refractivity contribution is 0.0586. The number of hydrogen-bond donors (Lipinski definition) is 1. The van der Waals surface area contributed by atoms with Gasteiger partial charge in [0.25, 0.3) is 0 Å². The third kappa shape index (κ3) is 3.69. The maximum absolute atomic E-state index is 3.59. The van der Waals surface area contributed by atoms with Crippen LogP contribution < -0.4 is 5.32 Å². The largest absolute Gasteiger partial charge is 0.313 e. The predicted molar refractivity (Wildman–Crippen MR) is 78.0 cm³/mol. The molecule has 3 nitrogen and oxygen atoms in total. The minimum Gasteiger partial charge on any atom is -0.313 e. The molecule has 0 spiro atoms. The molecule has 3 heteroatoms. The van der Waals surface area contributed by atoms with Crippen molar-refractivity contribution in [2.75, 3.05) is 32.7 Å². The third-order valence-electron chi connectivity index (χ3n) is 4.67. The van der Waals surface area contributed by atoms with E-state index in [1.165, 1.54) is 52.0 Å². The molecule has 0 saturated carbocycles. The predicted octanol–water partition coefficient (Wildman–Crippen LogP) is 1.93. The Morgan fingerprint density at radius 1 is 0.944 bits per heavy atom. The molecule has 0 amide bonds. The molecule has 1 unspecified atom stereocenters. The summed E-state index contributed by atoms with van der Waals surface area (Å²) >= 11 is 0. The van der Waals surface area contributed by atoms with Crippen molar-refractivity contribution in [1.82, 2.24) is 15.1 Å². The number of nitrogens with one attached hydrogen (secondary N) is 1. The zero-order valence-corrected chi connectivity index (χ0v) is 12.7. The minimum absolute atomic E-state index is 0.347. The van der Waals surface area contributed by atoms with Crippen molar-refractivity contribution in [2.24, 2.45) is 0 Å². The summed E-state index contributed by atoms with van der Waals surface area (Å²) in [6, 6.07) is 1.53. The Bertz CT molecular complexity index is 251. The first-order chi connectivity index (χ1) is 8.47. The molecule has 2 aliphatic heterocycles. The van der Waals surface area contributed by atoms with E-state index in [0.29, 0.717) is 11.6 Å². The molecule has 18 heavy (non-hydrogen) atoms. The highest BCUT2D eigenvalue weighted by Crippen LogP contribution is 2.23. The van der Waals surface area contributed by atoms with Gasteiger partial charge in [0.05, 0.1) is 0 Å². The average molecular weight is 253 g/mol. The highest BCUT2D eigenvalue weighted by atomic mass is 15.2. The maximum atomic E-state index is 3.59. The van der Waals surface area contributed by atoms with Crippen molar-refractivity contribution in [3.05, 3.63) is 0 Å². The fourth-order valence-electron chi connectivity index (χ4n) is 3.29. The van der Waals surface area contributed by atoms with E-state index in [-0.39, 0.29) is 0 Å². The van der Waals surface area contributed by atoms with Gasteiger partial charge in [0.2, 0.25) is 0 Å². The van der Waals surface area contributed by atoms with Gasteiger partial charge < -0.3 is 5.32 Å². The Kier molecular flexibility index (Phi) is 4.68. The normalized spacial score (nSPS) is 30.3. The number of rotatable bonds is 1. The maximum Gasteiger partial charge on any atom is 0.0125 e. The molecule has 0 bridgehead atoms. The van der Waals surface area contributed by atoms with Crippen LogP contribution in [0.1, 0.15) is 47.0 Å². The van der Waals surface area contributed by atoms with Crippen LogP contribution in [0.3, 0.4) is 0 Å². The molecule has 1 N–H and O–H groups in total. The van der Waals surface area contributed by atoms with E-state index in [2.05, 4.69) is 42.8 Å². The first-order valence-corrected chi connectivity index (χ1v) is 7.69. The minimum atomic E-state index is 0.347. The molecule has 0 radical (unpaired) electrons. The molecular formula is C15H31N3. The van der Waals surface area contributed by atoms with E-state index in [9.17, 15) is 0 Å². The van der Waals surface area contributed by atoms with Gasteiger partial charge in [-0.3, -0.25) is 9.80 Å². The monoisotopic (exact) mass is 253 g/mol. The van der Waals surface area contributed by atoms with Crippen LogP contribution in [0.4, 0.5) is 0 Å². The summed E-state index contributed by atoms with van der Waals surface area (Å²) in [5, 5.41) is 3.59.